The molecule has 46 heavy (non-hydrogen) atoms. The number of rotatable bonds is 3. The van der Waals surface area contributed by atoms with E-state index >= 15 is 0 Å². The number of benzene rings is 6. The van der Waals surface area contributed by atoms with Gasteiger partial charge in [-0.3, -0.25) is 0 Å². The van der Waals surface area contributed by atoms with Crippen LogP contribution in [0.4, 0.5) is 51.2 Å². The van der Waals surface area contributed by atoms with E-state index in [0.717, 1.165) is 0 Å². The zero-order valence-corrected chi connectivity index (χ0v) is 29.7. The summed E-state index contributed by atoms with van der Waals surface area (Å²) in [6.45, 7) is 13.4. The first-order valence-corrected chi connectivity index (χ1v) is 20.0. The molecule has 3 aliphatic heterocycles. The van der Waals surface area contributed by atoms with Crippen molar-refractivity contribution in [2.45, 2.75) is 41.5 Å². The van der Waals surface area contributed by atoms with Gasteiger partial charge < -0.3 is 0 Å². The van der Waals surface area contributed by atoms with Crippen molar-refractivity contribution in [2.24, 2.45) is 0 Å². The van der Waals surface area contributed by atoms with Crippen LogP contribution in [0.2, 0.25) is 0 Å². The molecule has 0 aliphatic carbocycles. The molecule has 224 valence electrons. The summed E-state index contributed by atoms with van der Waals surface area (Å²) < 4.78 is 4.71. The Balaban J connectivity index is 1.46. The summed E-state index contributed by atoms with van der Waals surface area (Å²) in [6, 6.07) is 41.7. The fourth-order valence-corrected chi connectivity index (χ4v) is 16.9. The topological polar surface area (TPSA) is 9.72 Å². The van der Waals surface area contributed by atoms with Crippen molar-refractivity contribution in [3.8, 4) is 0 Å². The van der Waals surface area contributed by atoms with Crippen molar-refractivity contribution in [1.82, 2.24) is 0 Å². The number of hydrogen-bond acceptors (Lipinski definition) is 3. The molecule has 9 rings (SSSR count). The Bertz CT molecular complexity index is 2080. The molecular formula is C42H36N3Sb. The van der Waals surface area contributed by atoms with Gasteiger partial charge in [-0.05, 0) is 0 Å². The van der Waals surface area contributed by atoms with Gasteiger partial charge in [0.25, 0.3) is 0 Å². The van der Waals surface area contributed by atoms with Gasteiger partial charge in [0, 0.05) is 0 Å². The standard InChI is InChI=1S/C42H36N3.Sb/c1-28-7-15-34(16-8-28)43-37-21-13-32(5)41(26-37)45(36-19-11-30(3)12-20-36)42-27-38(22-14-33(42)6)44(35-17-9-29(2)10-18-35)40-24-31(4)23-39(43)25-40;/h7-24H,1-6H3;. The third kappa shape index (κ3) is 3.85. The van der Waals surface area contributed by atoms with Crippen LogP contribution < -0.4 is 25.2 Å². The molecule has 6 aromatic rings. The summed E-state index contributed by atoms with van der Waals surface area (Å²) in [5, 5.41) is 0. The zero-order chi connectivity index (χ0) is 31.4. The first kappa shape index (κ1) is 27.8. The quantitative estimate of drug-likeness (QED) is 0.170. The van der Waals surface area contributed by atoms with E-state index in [4.69, 9.17) is 0 Å². The third-order valence-electron chi connectivity index (χ3n) is 9.84. The molecule has 0 N–H and O–H groups in total. The second-order valence-electron chi connectivity index (χ2n) is 13.2. The molecule has 3 aliphatic rings. The summed E-state index contributed by atoms with van der Waals surface area (Å²) in [7, 11) is 0. The third-order valence-corrected chi connectivity index (χ3v) is 17.5. The van der Waals surface area contributed by atoms with Gasteiger partial charge in [0.1, 0.15) is 0 Å². The summed E-state index contributed by atoms with van der Waals surface area (Å²) >= 11 is -2.60. The molecule has 0 radical (unpaired) electrons. The maximum absolute atomic E-state index is 2.60. The zero-order valence-electron chi connectivity index (χ0n) is 27.2. The molecule has 0 bridgehead atoms. The Morgan fingerprint density at radius 2 is 0.717 bits per heavy atom. The molecular weight excluding hydrogens is 668 g/mol. The van der Waals surface area contributed by atoms with Crippen LogP contribution in [0.5, 0.6) is 0 Å². The Morgan fingerprint density at radius 1 is 0.348 bits per heavy atom. The van der Waals surface area contributed by atoms with E-state index in [0.29, 0.717) is 0 Å². The molecule has 0 amide bonds. The Hall–Kier alpha value is -4.46. The average molecular weight is 705 g/mol. The monoisotopic (exact) mass is 703 g/mol. The Kier molecular flexibility index (Phi) is 6.06. The minimum absolute atomic E-state index is 1.22. The maximum atomic E-state index is 2.60. The fraction of sp³-hybridized carbons (Fsp3) is 0.143. The van der Waals surface area contributed by atoms with Gasteiger partial charge in [-0.15, -0.1) is 0 Å². The van der Waals surface area contributed by atoms with Crippen molar-refractivity contribution in [2.75, 3.05) is 14.7 Å². The number of aryl methyl sites for hydroxylation is 6. The normalized spacial score (nSPS) is 14.1. The van der Waals surface area contributed by atoms with Crippen LogP contribution in [0.15, 0.2) is 109 Å². The van der Waals surface area contributed by atoms with Gasteiger partial charge in [-0.2, -0.15) is 0 Å². The van der Waals surface area contributed by atoms with E-state index in [1.807, 2.05) is 0 Å². The summed E-state index contributed by atoms with van der Waals surface area (Å²) in [5.74, 6) is 0. The number of anilines is 9. The molecule has 3 nitrogen and oxygen atoms in total. The first-order chi connectivity index (χ1) is 22.3. The van der Waals surface area contributed by atoms with Gasteiger partial charge in [0.15, 0.2) is 0 Å². The molecule has 0 aromatic heterocycles. The summed E-state index contributed by atoms with van der Waals surface area (Å²) in [4.78, 5) is 7.74. The molecule has 3 heterocycles. The molecule has 0 saturated heterocycles. The van der Waals surface area contributed by atoms with Crippen molar-refractivity contribution in [3.05, 3.63) is 143 Å². The van der Waals surface area contributed by atoms with Crippen LogP contribution >= 0.6 is 0 Å². The molecule has 0 fully saturated rings. The van der Waals surface area contributed by atoms with E-state index in [-0.39, 0.29) is 0 Å². The van der Waals surface area contributed by atoms with Crippen LogP contribution in [0.3, 0.4) is 0 Å². The van der Waals surface area contributed by atoms with Crippen molar-refractivity contribution >= 4 is 81.9 Å². The second kappa shape index (κ2) is 10.0. The van der Waals surface area contributed by atoms with Gasteiger partial charge in [-0.1, -0.05) is 0 Å². The molecule has 0 spiro atoms. The Morgan fingerprint density at radius 3 is 1.11 bits per heavy atom. The number of nitrogens with zero attached hydrogens (tertiary/aromatic N) is 3. The molecule has 4 heteroatoms. The molecule has 6 aromatic carbocycles. The van der Waals surface area contributed by atoms with Crippen LogP contribution in [0.25, 0.3) is 0 Å². The van der Waals surface area contributed by atoms with Gasteiger partial charge >= 0.3 is 281 Å². The predicted octanol–water partition coefficient (Wildman–Crippen LogP) is 9.40. The second-order valence-corrected chi connectivity index (χ2v) is 18.9. The SMILES string of the molecule is Cc1ccc(N2c3cc(C)cc4[c]3[Sb]3[c]5c2ccc(C)c5N(c2ccc(C)cc2)c2c(C)ccc([c]23)N4c2ccc(C)cc2)cc1. The van der Waals surface area contributed by atoms with Crippen LogP contribution in [-0.4, -0.2) is 20.2 Å². The van der Waals surface area contributed by atoms with E-state index in [1.165, 1.54) is 84.6 Å². The Labute approximate surface area is 279 Å². The van der Waals surface area contributed by atoms with Crippen LogP contribution in [-0.2, 0) is 0 Å². The van der Waals surface area contributed by atoms with E-state index < -0.39 is 20.2 Å². The van der Waals surface area contributed by atoms with E-state index in [2.05, 4.69) is 165 Å². The van der Waals surface area contributed by atoms with Gasteiger partial charge in [-0.25, -0.2) is 0 Å². The minimum atomic E-state index is -2.60. The van der Waals surface area contributed by atoms with E-state index in [1.54, 1.807) is 10.5 Å². The van der Waals surface area contributed by atoms with Crippen LogP contribution in [0, 0.1) is 41.5 Å². The summed E-state index contributed by atoms with van der Waals surface area (Å²) in [5.41, 5.74) is 19.6. The van der Waals surface area contributed by atoms with Gasteiger partial charge in [0.05, 0.1) is 0 Å². The fourth-order valence-electron chi connectivity index (χ4n) is 7.62. The predicted molar refractivity (Wildman–Crippen MR) is 197 cm³/mol. The molecule has 0 saturated carbocycles. The van der Waals surface area contributed by atoms with Crippen LogP contribution in [0.1, 0.15) is 33.4 Å². The average Bonchev–Trinajstić information content (AvgIpc) is 3.05. The number of hydrogen-bond donors (Lipinski definition) is 0. The molecule has 0 unspecified atom stereocenters. The van der Waals surface area contributed by atoms with E-state index in [9.17, 15) is 0 Å². The van der Waals surface area contributed by atoms with Crippen molar-refractivity contribution in [1.29, 1.82) is 0 Å². The first-order valence-electron chi connectivity index (χ1n) is 16.1. The summed E-state index contributed by atoms with van der Waals surface area (Å²) in [6.07, 6.45) is 0. The van der Waals surface area contributed by atoms with Crippen molar-refractivity contribution in [3.63, 3.8) is 0 Å². The molecule has 0 atom stereocenters. The van der Waals surface area contributed by atoms with Gasteiger partial charge in [0.2, 0.25) is 0 Å². The van der Waals surface area contributed by atoms with Crippen molar-refractivity contribution < 1.29 is 0 Å².